The highest BCUT2D eigenvalue weighted by Crippen LogP contribution is 2.32. The maximum Gasteiger partial charge on any atom is 0.226 e. The molecule has 1 heterocycles. The van der Waals surface area contributed by atoms with Gasteiger partial charge in [-0.15, -0.1) is 0 Å². The van der Waals surface area contributed by atoms with Gasteiger partial charge in [0.15, 0.2) is 0 Å². The van der Waals surface area contributed by atoms with Crippen LogP contribution < -0.4 is 4.90 Å². The molecule has 1 unspecified atom stereocenters. The van der Waals surface area contributed by atoms with Crippen LogP contribution in [0.1, 0.15) is 50.8 Å². The summed E-state index contributed by atoms with van der Waals surface area (Å²) >= 11 is 0. The highest BCUT2D eigenvalue weighted by Gasteiger charge is 2.16. The molecule has 0 radical (unpaired) electrons. The van der Waals surface area contributed by atoms with E-state index in [0.717, 1.165) is 17.8 Å². The molecular formula is C21H25N3O. The van der Waals surface area contributed by atoms with Crippen LogP contribution in [0, 0.1) is 0 Å². The van der Waals surface area contributed by atoms with Crippen molar-refractivity contribution in [1.82, 2.24) is 9.97 Å². The summed E-state index contributed by atoms with van der Waals surface area (Å²) in [5, 5.41) is 2.37. The van der Waals surface area contributed by atoms with Gasteiger partial charge in [0.25, 0.3) is 0 Å². The topological polar surface area (TPSA) is 49.0 Å². The average Bonchev–Trinajstić information content (AvgIpc) is 3.16. The molecule has 25 heavy (non-hydrogen) atoms. The number of imidazole rings is 1. The van der Waals surface area contributed by atoms with Crippen LogP contribution in [0.3, 0.4) is 0 Å². The molecule has 0 aliphatic carbocycles. The molecule has 1 atom stereocenters. The normalized spacial score (nSPS) is 12.3. The number of hydrogen-bond donors (Lipinski definition) is 1. The minimum atomic E-state index is 0.184. The first-order chi connectivity index (χ1) is 12.2. The van der Waals surface area contributed by atoms with Gasteiger partial charge in [-0.25, -0.2) is 4.98 Å². The highest BCUT2D eigenvalue weighted by atomic mass is 16.2. The van der Waals surface area contributed by atoms with E-state index in [1.807, 2.05) is 31.0 Å². The van der Waals surface area contributed by atoms with Gasteiger partial charge in [-0.3, -0.25) is 4.79 Å². The number of aromatic amines is 1. The van der Waals surface area contributed by atoms with E-state index in [1.54, 1.807) is 6.33 Å². The quantitative estimate of drug-likeness (QED) is 0.699. The zero-order valence-corrected chi connectivity index (χ0v) is 15.1. The molecule has 1 aromatic heterocycles. The fraction of sp³-hybridized carbons (Fsp3) is 0.333. The van der Waals surface area contributed by atoms with Gasteiger partial charge in [-0.2, -0.15) is 0 Å². The maximum atomic E-state index is 12.4. The number of hydrogen-bond acceptors (Lipinski definition) is 2. The average molecular weight is 335 g/mol. The standard InChI is InChI=1S/C21H25N3O/c1-4-7-21(25)24(5-2)17-11-10-16-8-6-9-18(19(16)12-17)15(3)20-13-22-14-23-20/h6,8-15H,4-5,7H2,1-3H3,(H,22,23). The third-order valence-electron chi connectivity index (χ3n) is 4.74. The van der Waals surface area contributed by atoms with E-state index in [-0.39, 0.29) is 11.8 Å². The Morgan fingerprint density at radius 1 is 1.24 bits per heavy atom. The van der Waals surface area contributed by atoms with Crippen molar-refractivity contribution in [3.63, 3.8) is 0 Å². The molecule has 2 aromatic carbocycles. The second kappa shape index (κ2) is 7.51. The Bertz CT molecular complexity index is 855. The smallest absolute Gasteiger partial charge is 0.226 e. The molecule has 0 saturated carbocycles. The molecule has 3 rings (SSSR count). The van der Waals surface area contributed by atoms with Gasteiger partial charge in [0.05, 0.1) is 6.33 Å². The lowest BCUT2D eigenvalue weighted by Gasteiger charge is -2.22. The Morgan fingerprint density at radius 3 is 2.76 bits per heavy atom. The molecule has 1 amide bonds. The van der Waals surface area contributed by atoms with E-state index in [1.165, 1.54) is 16.3 Å². The molecular weight excluding hydrogens is 310 g/mol. The van der Waals surface area contributed by atoms with Crippen LogP contribution in [0.25, 0.3) is 10.8 Å². The molecule has 130 valence electrons. The molecule has 1 N–H and O–H groups in total. The molecule has 3 aromatic rings. The van der Waals surface area contributed by atoms with Crippen molar-refractivity contribution in [2.45, 2.75) is 39.5 Å². The van der Waals surface area contributed by atoms with Gasteiger partial charge in [0.1, 0.15) is 0 Å². The fourth-order valence-corrected chi connectivity index (χ4v) is 3.35. The van der Waals surface area contributed by atoms with Gasteiger partial charge in [0, 0.05) is 36.5 Å². The van der Waals surface area contributed by atoms with Gasteiger partial charge < -0.3 is 9.88 Å². The van der Waals surface area contributed by atoms with E-state index in [9.17, 15) is 4.79 Å². The third-order valence-corrected chi connectivity index (χ3v) is 4.74. The number of carbonyl (C=O) groups is 1. The Balaban J connectivity index is 2.06. The molecule has 0 saturated heterocycles. The first kappa shape index (κ1) is 17.2. The lowest BCUT2D eigenvalue weighted by molar-refractivity contribution is -0.118. The number of carbonyl (C=O) groups excluding carboxylic acids is 1. The maximum absolute atomic E-state index is 12.4. The Kier molecular flexibility index (Phi) is 5.17. The number of nitrogens with one attached hydrogen (secondary N) is 1. The highest BCUT2D eigenvalue weighted by molar-refractivity contribution is 5.97. The van der Waals surface area contributed by atoms with Crippen LogP contribution in [-0.4, -0.2) is 22.4 Å². The van der Waals surface area contributed by atoms with Gasteiger partial charge in [-0.1, -0.05) is 38.1 Å². The molecule has 0 fully saturated rings. The molecule has 4 heteroatoms. The van der Waals surface area contributed by atoms with Crippen LogP contribution >= 0.6 is 0 Å². The number of H-pyrrole nitrogens is 1. The number of benzene rings is 2. The summed E-state index contributed by atoms with van der Waals surface area (Å²) < 4.78 is 0. The second-order valence-corrected chi connectivity index (χ2v) is 6.37. The zero-order chi connectivity index (χ0) is 17.8. The van der Waals surface area contributed by atoms with Crippen molar-refractivity contribution in [3.05, 3.63) is 60.2 Å². The van der Waals surface area contributed by atoms with Crippen LogP contribution in [0.5, 0.6) is 0 Å². The molecule has 0 spiro atoms. The van der Waals surface area contributed by atoms with Crippen LogP contribution in [0.2, 0.25) is 0 Å². The van der Waals surface area contributed by atoms with E-state index in [4.69, 9.17) is 0 Å². The lowest BCUT2D eigenvalue weighted by Crippen LogP contribution is -2.30. The summed E-state index contributed by atoms with van der Waals surface area (Å²) in [6.07, 6.45) is 5.03. The van der Waals surface area contributed by atoms with Crippen LogP contribution in [0.4, 0.5) is 5.69 Å². The van der Waals surface area contributed by atoms with Crippen LogP contribution in [-0.2, 0) is 4.79 Å². The predicted octanol–water partition coefficient (Wildman–Crippen LogP) is 4.87. The van der Waals surface area contributed by atoms with E-state index < -0.39 is 0 Å². The molecule has 0 aliphatic heterocycles. The summed E-state index contributed by atoms with van der Waals surface area (Å²) in [6, 6.07) is 12.7. The summed E-state index contributed by atoms with van der Waals surface area (Å²) in [4.78, 5) is 21.7. The molecule has 0 bridgehead atoms. The zero-order valence-electron chi connectivity index (χ0n) is 15.1. The van der Waals surface area contributed by atoms with Crippen molar-refractivity contribution in [2.24, 2.45) is 0 Å². The lowest BCUT2D eigenvalue weighted by atomic mass is 9.92. The number of nitrogens with zero attached hydrogens (tertiary/aromatic N) is 2. The van der Waals surface area contributed by atoms with Crippen molar-refractivity contribution in [2.75, 3.05) is 11.4 Å². The van der Waals surface area contributed by atoms with Gasteiger partial charge in [0.2, 0.25) is 5.91 Å². The number of aromatic nitrogens is 2. The van der Waals surface area contributed by atoms with Crippen molar-refractivity contribution >= 4 is 22.4 Å². The van der Waals surface area contributed by atoms with E-state index in [2.05, 4.69) is 47.2 Å². The summed E-state index contributed by atoms with van der Waals surface area (Å²) in [6.45, 7) is 6.92. The second-order valence-electron chi connectivity index (χ2n) is 6.37. The summed E-state index contributed by atoms with van der Waals surface area (Å²) in [5.74, 6) is 0.395. The van der Waals surface area contributed by atoms with Gasteiger partial charge >= 0.3 is 0 Å². The predicted molar refractivity (Wildman–Crippen MR) is 103 cm³/mol. The number of amides is 1. The Morgan fingerprint density at radius 2 is 2.08 bits per heavy atom. The first-order valence-electron chi connectivity index (χ1n) is 8.97. The largest absolute Gasteiger partial charge is 0.348 e. The molecule has 4 nitrogen and oxygen atoms in total. The van der Waals surface area contributed by atoms with E-state index >= 15 is 0 Å². The minimum absolute atomic E-state index is 0.184. The Labute approximate surface area is 148 Å². The monoisotopic (exact) mass is 335 g/mol. The third kappa shape index (κ3) is 3.43. The molecule has 0 aliphatic rings. The number of anilines is 1. The van der Waals surface area contributed by atoms with Crippen molar-refractivity contribution < 1.29 is 4.79 Å². The summed E-state index contributed by atoms with van der Waals surface area (Å²) in [5.41, 5.74) is 3.30. The summed E-state index contributed by atoms with van der Waals surface area (Å²) in [7, 11) is 0. The van der Waals surface area contributed by atoms with Crippen LogP contribution in [0.15, 0.2) is 48.9 Å². The number of rotatable bonds is 6. The van der Waals surface area contributed by atoms with Crippen molar-refractivity contribution in [1.29, 1.82) is 0 Å². The number of fused-ring (bicyclic) bond motifs is 1. The van der Waals surface area contributed by atoms with Gasteiger partial charge in [-0.05, 0) is 41.8 Å². The minimum Gasteiger partial charge on any atom is -0.348 e. The van der Waals surface area contributed by atoms with Crippen molar-refractivity contribution in [3.8, 4) is 0 Å². The SMILES string of the molecule is CCCC(=O)N(CC)c1ccc2cccc(C(C)c3cnc[nH]3)c2c1. The first-order valence-corrected chi connectivity index (χ1v) is 8.97. The van der Waals surface area contributed by atoms with E-state index in [0.29, 0.717) is 13.0 Å². The fourth-order valence-electron chi connectivity index (χ4n) is 3.35. The Hall–Kier alpha value is -2.62.